The lowest BCUT2D eigenvalue weighted by molar-refractivity contribution is -0.124. The van der Waals surface area contributed by atoms with Crippen LogP contribution in [-0.2, 0) is 4.79 Å². The van der Waals surface area contributed by atoms with E-state index in [9.17, 15) is 9.90 Å². The van der Waals surface area contributed by atoms with Crippen LogP contribution in [0.3, 0.4) is 0 Å². The van der Waals surface area contributed by atoms with Crippen LogP contribution in [0.15, 0.2) is 36.2 Å². The lowest BCUT2D eigenvalue weighted by Gasteiger charge is -2.60. The Kier molecular flexibility index (Phi) is 5.11. The van der Waals surface area contributed by atoms with Gasteiger partial charge in [0.1, 0.15) is 5.60 Å². The van der Waals surface area contributed by atoms with Crippen LogP contribution in [0.1, 0.15) is 71.3 Å². The summed E-state index contributed by atoms with van der Waals surface area (Å²) in [6.07, 6.45) is 11.8. The highest BCUT2D eigenvalue weighted by molar-refractivity contribution is 5.91. The molecule has 166 valence electrons. The maximum absolute atomic E-state index is 12.2. The van der Waals surface area contributed by atoms with Crippen molar-refractivity contribution in [1.29, 1.82) is 0 Å². The normalized spacial score (nSPS) is 42.2. The minimum Gasteiger partial charge on any atom is -0.377 e. The summed E-state index contributed by atoms with van der Waals surface area (Å²) < 4.78 is 0. The molecule has 0 aliphatic heterocycles. The van der Waals surface area contributed by atoms with Crippen molar-refractivity contribution in [1.82, 2.24) is 4.98 Å². The molecule has 0 bridgehead atoms. The van der Waals surface area contributed by atoms with Crippen molar-refractivity contribution in [3.05, 3.63) is 41.7 Å². The molecule has 3 nitrogen and oxygen atoms in total. The molecule has 3 heteroatoms. The zero-order chi connectivity index (χ0) is 22.6. The second-order valence-electron chi connectivity index (χ2n) is 10.9. The SMILES string of the molecule is CC#C[C@]1(O)CC[C@H]2[C@@H]3CCC4=CC(=O)CC[C@]4(C)[C@H]3[C@@H](C#Cc3cccnc3)C[C@@]21C. The van der Waals surface area contributed by atoms with E-state index in [1.165, 1.54) is 5.57 Å². The van der Waals surface area contributed by atoms with Crippen molar-refractivity contribution < 1.29 is 9.90 Å². The van der Waals surface area contributed by atoms with Crippen molar-refractivity contribution in [2.24, 2.45) is 34.5 Å². The van der Waals surface area contributed by atoms with E-state index >= 15 is 0 Å². The van der Waals surface area contributed by atoms with Crippen molar-refractivity contribution >= 4 is 5.78 Å². The van der Waals surface area contributed by atoms with Crippen molar-refractivity contribution in [2.75, 3.05) is 0 Å². The fourth-order valence-corrected chi connectivity index (χ4v) is 7.91. The van der Waals surface area contributed by atoms with Crippen molar-refractivity contribution in [3.63, 3.8) is 0 Å². The van der Waals surface area contributed by atoms with Crippen LogP contribution >= 0.6 is 0 Å². The second-order valence-corrected chi connectivity index (χ2v) is 10.9. The highest BCUT2D eigenvalue weighted by Crippen LogP contribution is 2.68. The quantitative estimate of drug-likeness (QED) is 0.596. The summed E-state index contributed by atoms with van der Waals surface area (Å²) in [5.41, 5.74) is 1.10. The Balaban J connectivity index is 1.62. The number of aromatic nitrogens is 1. The first-order valence-corrected chi connectivity index (χ1v) is 12.1. The lowest BCUT2D eigenvalue weighted by atomic mass is 9.43. The first kappa shape index (κ1) is 21.5. The number of aliphatic hydroxyl groups is 1. The second kappa shape index (κ2) is 7.60. The Morgan fingerprint density at radius 3 is 2.78 bits per heavy atom. The predicted octanol–water partition coefficient (Wildman–Crippen LogP) is 4.95. The third-order valence-corrected chi connectivity index (χ3v) is 9.47. The molecule has 0 radical (unpaired) electrons. The Bertz CT molecular complexity index is 1080. The van der Waals surface area contributed by atoms with E-state index in [1.807, 2.05) is 31.3 Å². The maximum Gasteiger partial charge on any atom is 0.155 e. The molecule has 1 N–H and O–H groups in total. The van der Waals surface area contributed by atoms with Gasteiger partial charge in [-0.2, -0.15) is 0 Å². The molecule has 0 spiro atoms. The van der Waals surface area contributed by atoms with E-state index in [1.54, 1.807) is 6.20 Å². The number of nitrogens with zero attached hydrogens (tertiary/aromatic N) is 1. The number of hydrogen-bond acceptors (Lipinski definition) is 3. The van der Waals surface area contributed by atoms with Crippen LogP contribution in [0, 0.1) is 58.2 Å². The number of fused-ring (bicyclic) bond motifs is 5. The Morgan fingerprint density at radius 1 is 1.19 bits per heavy atom. The van der Waals surface area contributed by atoms with Gasteiger partial charge in [-0.3, -0.25) is 9.78 Å². The molecule has 4 aliphatic carbocycles. The summed E-state index contributed by atoms with van der Waals surface area (Å²) in [6, 6.07) is 3.93. The third kappa shape index (κ3) is 3.09. The zero-order valence-electron chi connectivity index (χ0n) is 19.4. The monoisotopic (exact) mass is 427 g/mol. The van der Waals surface area contributed by atoms with E-state index in [2.05, 4.69) is 42.5 Å². The summed E-state index contributed by atoms with van der Waals surface area (Å²) in [5.74, 6) is 15.1. The lowest BCUT2D eigenvalue weighted by Crippen LogP contribution is -2.57. The summed E-state index contributed by atoms with van der Waals surface area (Å²) in [6.45, 7) is 6.48. The fourth-order valence-electron chi connectivity index (χ4n) is 7.91. The van der Waals surface area contributed by atoms with Gasteiger partial charge >= 0.3 is 0 Å². The molecular formula is C29H33NO2. The molecule has 3 saturated carbocycles. The molecule has 5 rings (SSSR count). The summed E-state index contributed by atoms with van der Waals surface area (Å²) in [4.78, 5) is 16.5. The number of carbonyl (C=O) groups excluding carboxylic acids is 1. The minimum atomic E-state index is -0.939. The van der Waals surface area contributed by atoms with E-state index in [-0.39, 0.29) is 22.5 Å². The topological polar surface area (TPSA) is 50.2 Å². The Labute approximate surface area is 192 Å². The van der Waals surface area contributed by atoms with E-state index in [0.29, 0.717) is 24.2 Å². The molecule has 4 aliphatic rings. The molecule has 0 aromatic carbocycles. The third-order valence-electron chi connectivity index (χ3n) is 9.47. The highest BCUT2D eigenvalue weighted by Gasteiger charge is 2.66. The van der Waals surface area contributed by atoms with Gasteiger partial charge in [0, 0.05) is 35.7 Å². The number of pyridine rings is 1. The number of allylic oxidation sites excluding steroid dienone is 1. The number of carbonyl (C=O) groups is 1. The summed E-state index contributed by atoms with van der Waals surface area (Å²) in [7, 11) is 0. The van der Waals surface area contributed by atoms with Crippen LogP contribution in [-0.4, -0.2) is 21.5 Å². The molecule has 3 fully saturated rings. The van der Waals surface area contributed by atoms with Crippen LogP contribution < -0.4 is 0 Å². The van der Waals surface area contributed by atoms with Gasteiger partial charge in [-0.15, -0.1) is 5.92 Å². The first-order valence-electron chi connectivity index (χ1n) is 12.1. The smallest absolute Gasteiger partial charge is 0.155 e. The molecule has 1 aromatic rings. The van der Waals surface area contributed by atoms with Crippen molar-refractivity contribution in [2.45, 2.75) is 71.3 Å². The number of rotatable bonds is 0. The van der Waals surface area contributed by atoms with Crippen LogP contribution in [0.2, 0.25) is 0 Å². The Hall–Kier alpha value is -2.36. The zero-order valence-corrected chi connectivity index (χ0v) is 19.4. The molecular weight excluding hydrogens is 394 g/mol. The van der Waals surface area contributed by atoms with Crippen LogP contribution in [0.25, 0.3) is 0 Å². The van der Waals surface area contributed by atoms with Gasteiger partial charge in [-0.25, -0.2) is 0 Å². The minimum absolute atomic E-state index is 0.0174. The average molecular weight is 428 g/mol. The summed E-state index contributed by atoms with van der Waals surface area (Å²) in [5, 5.41) is 11.7. The predicted molar refractivity (Wildman–Crippen MR) is 125 cm³/mol. The van der Waals surface area contributed by atoms with Crippen LogP contribution in [0.4, 0.5) is 0 Å². The van der Waals surface area contributed by atoms with Gasteiger partial charge in [-0.1, -0.05) is 37.2 Å². The van der Waals surface area contributed by atoms with E-state index in [4.69, 9.17) is 0 Å². The maximum atomic E-state index is 12.2. The van der Waals surface area contributed by atoms with E-state index < -0.39 is 5.60 Å². The average Bonchev–Trinajstić information content (AvgIpc) is 3.03. The van der Waals surface area contributed by atoms with E-state index in [0.717, 1.165) is 44.1 Å². The molecule has 1 aromatic heterocycles. The van der Waals surface area contributed by atoms with Gasteiger partial charge in [0.2, 0.25) is 0 Å². The van der Waals surface area contributed by atoms with Gasteiger partial charge in [0.05, 0.1) is 0 Å². The fraction of sp³-hybridized carbons (Fsp3) is 0.586. The standard InChI is InChI=1S/C29H33NO2/c1-4-13-29(32)15-12-25-24-10-9-22-17-23(31)11-14-27(22,2)26(24)21(18-28(25,29)3)8-7-20-6-5-16-30-19-20/h5-6,16-17,19,21,24-26,32H,9-12,14-15,18H2,1-3H3/t21-,24-,25-,26-,27-,28-,29-/m0/s1. The number of hydrogen-bond donors (Lipinski definition) is 1. The molecule has 0 saturated heterocycles. The Morgan fingerprint density at radius 2 is 2.03 bits per heavy atom. The van der Waals surface area contributed by atoms with Gasteiger partial charge in [-0.05, 0) is 86.8 Å². The van der Waals surface area contributed by atoms with Gasteiger partial charge < -0.3 is 5.11 Å². The molecule has 1 heterocycles. The highest BCUT2D eigenvalue weighted by atomic mass is 16.3. The van der Waals surface area contributed by atoms with Crippen LogP contribution in [0.5, 0.6) is 0 Å². The largest absolute Gasteiger partial charge is 0.377 e. The molecule has 7 atom stereocenters. The van der Waals surface area contributed by atoms with Crippen molar-refractivity contribution in [3.8, 4) is 23.7 Å². The molecule has 0 amide bonds. The van der Waals surface area contributed by atoms with Gasteiger partial charge in [0.25, 0.3) is 0 Å². The molecule has 32 heavy (non-hydrogen) atoms. The number of ketones is 1. The van der Waals surface area contributed by atoms with Gasteiger partial charge in [0.15, 0.2) is 5.78 Å². The summed E-state index contributed by atoms with van der Waals surface area (Å²) >= 11 is 0. The first-order chi connectivity index (χ1) is 15.3. The molecule has 0 unspecified atom stereocenters.